The number of thiophene rings is 2. The van der Waals surface area contributed by atoms with Gasteiger partial charge in [-0.2, -0.15) is 0 Å². The third kappa shape index (κ3) is 3.75. The van der Waals surface area contributed by atoms with E-state index >= 15 is 0 Å². The van der Waals surface area contributed by atoms with Crippen molar-refractivity contribution in [3.05, 3.63) is 82.6 Å². The molecule has 3 heterocycles. The lowest BCUT2D eigenvalue weighted by Gasteiger charge is -2.12. The summed E-state index contributed by atoms with van der Waals surface area (Å²) in [6, 6.07) is 21.0. The highest BCUT2D eigenvalue weighted by atomic mass is 32.1. The molecular weight excluding hydrogens is 452 g/mol. The van der Waals surface area contributed by atoms with Crippen LogP contribution >= 0.6 is 22.7 Å². The van der Waals surface area contributed by atoms with E-state index in [0.29, 0.717) is 27.6 Å². The van der Waals surface area contributed by atoms with Gasteiger partial charge < -0.3 is 15.2 Å². The number of anilines is 1. The van der Waals surface area contributed by atoms with Crippen molar-refractivity contribution >= 4 is 44.4 Å². The Morgan fingerprint density at radius 2 is 1.73 bits per heavy atom. The van der Waals surface area contributed by atoms with Crippen molar-refractivity contribution in [1.29, 1.82) is 0 Å². The minimum Gasteiger partial charge on any atom is -0.493 e. The molecule has 5 aromatic rings. The minimum absolute atomic E-state index is 0.105. The maximum absolute atomic E-state index is 13.3. The number of carbonyl (C=O) groups excluding carboxylic acids is 1. The molecule has 0 fully saturated rings. The number of fused-ring (bicyclic) bond motifs is 1. The van der Waals surface area contributed by atoms with Gasteiger partial charge in [0, 0.05) is 10.9 Å². The fraction of sp³-hybridized carbons (Fsp3) is 0.0769. The fourth-order valence-corrected chi connectivity index (χ4v) is 5.56. The van der Waals surface area contributed by atoms with Crippen molar-refractivity contribution in [2.24, 2.45) is 0 Å². The monoisotopic (exact) mass is 472 g/mol. The molecule has 2 N–H and O–H groups in total. The molecule has 0 spiro atoms. The summed E-state index contributed by atoms with van der Waals surface area (Å²) in [7, 11) is 3.21. The van der Waals surface area contributed by atoms with Crippen LogP contribution in [0.15, 0.2) is 72.1 Å². The zero-order valence-corrected chi connectivity index (χ0v) is 19.6. The number of benzene rings is 2. The molecule has 0 aliphatic carbocycles. The van der Waals surface area contributed by atoms with Crippen LogP contribution in [-0.4, -0.2) is 25.0 Å². The third-order valence-corrected chi connectivity index (χ3v) is 7.40. The van der Waals surface area contributed by atoms with Crippen LogP contribution in [0.5, 0.6) is 11.5 Å². The molecule has 0 atom stereocenters. The number of rotatable bonds is 6. The van der Waals surface area contributed by atoms with Crippen LogP contribution in [0.4, 0.5) is 5.69 Å². The van der Waals surface area contributed by atoms with Gasteiger partial charge in [0.05, 0.1) is 30.5 Å². The summed E-state index contributed by atoms with van der Waals surface area (Å²) in [4.78, 5) is 20.4. The summed E-state index contributed by atoms with van der Waals surface area (Å²) in [5, 5.41) is 2.79. The summed E-state index contributed by atoms with van der Waals surface area (Å²) < 4.78 is 10.9. The van der Waals surface area contributed by atoms with Gasteiger partial charge in [0.1, 0.15) is 9.71 Å². The number of ketones is 1. The van der Waals surface area contributed by atoms with Crippen molar-refractivity contribution in [3.63, 3.8) is 0 Å². The number of hydrogen-bond acceptors (Lipinski definition) is 7. The van der Waals surface area contributed by atoms with Gasteiger partial charge in [-0.25, -0.2) is 4.98 Å². The highest BCUT2D eigenvalue weighted by Gasteiger charge is 2.23. The Morgan fingerprint density at radius 3 is 2.42 bits per heavy atom. The SMILES string of the molecule is COc1ccc(-c2cc(-c3cccs3)nc3sc(C(=O)c4ccccc4)c(N)c23)cc1OC. The van der Waals surface area contributed by atoms with Crippen LogP contribution in [0.3, 0.4) is 0 Å². The standard InChI is InChI=1S/C26H20N2O3S2/c1-30-19-11-10-16(13-20(19)31-2)17-14-18(21-9-6-12-32-21)28-26-22(17)23(27)25(33-26)24(29)15-7-4-3-5-8-15/h3-14H,27H2,1-2H3. The van der Waals surface area contributed by atoms with Gasteiger partial charge >= 0.3 is 0 Å². The lowest BCUT2D eigenvalue weighted by atomic mass is 9.99. The summed E-state index contributed by atoms with van der Waals surface area (Å²) in [6.07, 6.45) is 0. The molecular formula is C26H20N2O3S2. The van der Waals surface area contributed by atoms with E-state index in [1.54, 1.807) is 37.7 Å². The van der Waals surface area contributed by atoms with E-state index in [2.05, 4.69) is 0 Å². The summed E-state index contributed by atoms with van der Waals surface area (Å²) in [6.45, 7) is 0. The van der Waals surface area contributed by atoms with E-state index in [-0.39, 0.29) is 5.78 Å². The van der Waals surface area contributed by atoms with Crippen molar-refractivity contribution in [1.82, 2.24) is 4.98 Å². The number of nitrogens with two attached hydrogens (primary N) is 1. The van der Waals surface area contributed by atoms with Crippen LogP contribution in [0, 0.1) is 0 Å². The van der Waals surface area contributed by atoms with Gasteiger partial charge in [0.15, 0.2) is 11.5 Å². The Bertz CT molecular complexity index is 1460. The van der Waals surface area contributed by atoms with Crippen LogP contribution in [0.25, 0.3) is 31.9 Å². The Kier molecular flexibility index (Phi) is 5.58. The Hall–Kier alpha value is -3.68. The Morgan fingerprint density at radius 1 is 0.939 bits per heavy atom. The molecule has 164 valence electrons. The van der Waals surface area contributed by atoms with E-state index in [0.717, 1.165) is 31.9 Å². The van der Waals surface area contributed by atoms with Crippen molar-refractivity contribution < 1.29 is 14.3 Å². The lowest BCUT2D eigenvalue weighted by molar-refractivity contribution is 0.104. The van der Waals surface area contributed by atoms with Gasteiger partial charge in [-0.3, -0.25) is 4.79 Å². The maximum Gasteiger partial charge on any atom is 0.205 e. The van der Waals surface area contributed by atoms with Gasteiger partial charge in [-0.15, -0.1) is 22.7 Å². The first kappa shape index (κ1) is 21.2. The molecule has 0 saturated carbocycles. The number of aromatic nitrogens is 1. The molecule has 0 aliphatic heterocycles. The maximum atomic E-state index is 13.3. The number of nitrogen functional groups attached to an aromatic ring is 1. The van der Waals surface area contributed by atoms with Crippen LogP contribution in [0.2, 0.25) is 0 Å². The predicted octanol–water partition coefficient (Wildman–Crippen LogP) is 6.52. The van der Waals surface area contributed by atoms with Crippen LogP contribution in [-0.2, 0) is 0 Å². The van der Waals surface area contributed by atoms with E-state index in [9.17, 15) is 4.79 Å². The molecule has 33 heavy (non-hydrogen) atoms. The molecule has 5 nitrogen and oxygen atoms in total. The van der Waals surface area contributed by atoms with Crippen LogP contribution < -0.4 is 15.2 Å². The molecule has 0 bridgehead atoms. The second-order valence-electron chi connectivity index (χ2n) is 7.32. The van der Waals surface area contributed by atoms with E-state index in [1.807, 2.05) is 60.0 Å². The van der Waals surface area contributed by atoms with Crippen LogP contribution in [0.1, 0.15) is 15.2 Å². The summed E-state index contributed by atoms with van der Waals surface area (Å²) >= 11 is 2.94. The summed E-state index contributed by atoms with van der Waals surface area (Å²) in [5.41, 5.74) is 10.3. The number of methoxy groups -OCH3 is 2. The first-order valence-corrected chi connectivity index (χ1v) is 11.9. The predicted molar refractivity (Wildman–Crippen MR) is 136 cm³/mol. The van der Waals surface area contributed by atoms with Gasteiger partial charge in [-0.1, -0.05) is 42.5 Å². The molecule has 0 amide bonds. The highest BCUT2D eigenvalue weighted by molar-refractivity contribution is 7.21. The van der Waals surface area contributed by atoms with Crippen molar-refractivity contribution in [2.75, 3.05) is 20.0 Å². The van der Waals surface area contributed by atoms with Gasteiger partial charge in [-0.05, 0) is 40.8 Å². The Labute approximate surface area is 199 Å². The molecule has 0 radical (unpaired) electrons. The van der Waals surface area contributed by atoms with E-state index < -0.39 is 0 Å². The average molecular weight is 473 g/mol. The van der Waals surface area contributed by atoms with Gasteiger partial charge in [0.2, 0.25) is 5.78 Å². The van der Waals surface area contributed by atoms with Crippen molar-refractivity contribution in [2.45, 2.75) is 0 Å². The molecule has 5 rings (SSSR count). The first-order valence-electron chi connectivity index (χ1n) is 10.2. The molecule has 0 saturated heterocycles. The third-order valence-electron chi connectivity index (χ3n) is 5.41. The average Bonchev–Trinajstić information content (AvgIpc) is 3.52. The fourth-order valence-electron chi connectivity index (χ4n) is 3.79. The number of nitrogens with zero attached hydrogens (tertiary/aromatic N) is 1. The highest BCUT2D eigenvalue weighted by Crippen LogP contribution is 2.44. The largest absolute Gasteiger partial charge is 0.493 e. The quantitative estimate of drug-likeness (QED) is 0.285. The normalized spacial score (nSPS) is 11.0. The molecule has 7 heteroatoms. The molecule has 0 unspecified atom stereocenters. The molecule has 0 aliphatic rings. The lowest BCUT2D eigenvalue weighted by Crippen LogP contribution is -2.01. The Balaban J connectivity index is 1.77. The molecule has 2 aromatic carbocycles. The zero-order valence-electron chi connectivity index (χ0n) is 18.0. The summed E-state index contributed by atoms with van der Waals surface area (Å²) in [5.74, 6) is 1.15. The van der Waals surface area contributed by atoms with E-state index in [4.69, 9.17) is 20.2 Å². The topological polar surface area (TPSA) is 74.4 Å². The number of ether oxygens (including phenoxy) is 2. The second kappa shape index (κ2) is 8.69. The van der Waals surface area contributed by atoms with E-state index in [1.165, 1.54) is 11.3 Å². The number of pyridine rings is 1. The minimum atomic E-state index is -0.105. The van der Waals surface area contributed by atoms with Crippen molar-refractivity contribution in [3.8, 4) is 33.2 Å². The smallest absolute Gasteiger partial charge is 0.205 e. The number of carbonyl (C=O) groups is 1. The number of hydrogen-bond donors (Lipinski definition) is 1. The first-order chi connectivity index (χ1) is 16.1. The van der Waals surface area contributed by atoms with Gasteiger partial charge in [0.25, 0.3) is 0 Å². The zero-order chi connectivity index (χ0) is 22.9. The second-order valence-corrected chi connectivity index (χ2v) is 9.27. The molecule has 3 aromatic heterocycles.